The molecule has 0 aliphatic heterocycles. The average molecular weight is 334 g/mol. The van der Waals surface area contributed by atoms with Gasteiger partial charge in [-0.3, -0.25) is 0 Å². The number of fused-ring (bicyclic) bond motifs is 1. The highest BCUT2D eigenvalue weighted by Gasteiger charge is 2.20. The van der Waals surface area contributed by atoms with Gasteiger partial charge in [-0.05, 0) is 18.6 Å². The molecule has 0 radical (unpaired) electrons. The molecule has 0 aliphatic carbocycles. The summed E-state index contributed by atoms with van der Waals surface area (Å²) in [7, 11) is -7.17. The smallest absolute Gasteiger partial charge is 0.240 e. The monoisotopic (exact) mass is 334 g/mol. The van der Waals surface area contributed by atoms with Crippen LogP contribution in [0.3, 0.4) is 0 Å². The number of rotatable bonds is 5. The topological polar surface area (TPSA) is 99.2 Å². The molecule has 2 rings (SSSR count). The second-order valence-electron chi connectivity index (χ2n) is 4.85. The van der Waals surface area contributed by atoms with Crippen LogP contribution in [-0.2, 0) is 26.4 Å². The molecule has 0 saturated heterocycles. The minimum Gasteiger partial charge on any atom is -0.346 e. The molecule has 21 heavy (non-hydrogen) atoms. The van der Waals surface area contributed by atoms with Gasteiger partial charge in [-0.25, -0.2) is 26.4 Å². The normalized spacial score (nSPS) is 12.9. The van der Waals surface area contributed by atoms with Crippen molar-refractivity contribution in [2.24, 2.45) is 5.14 Å². The third-order valence-electron chi connectivity index (χ3n) is 3.04. The number of aryl methyl sites for hydroxylation is 1. The van der Waals surface area contributed by atoms with Crippen LogP contribution in [0.5, 0.6) is 0 Å². The minimum atomic E-state index is -4.06. The molecule has 0 amide bonds. The maximum atomic E-state index is 13.9. The first-order valence-electron chi connectivity index (χ1n) is 6.07. The van der Waals surface area contributed by atoms with E-state index < -0.39 is 25.7 Å². The lowest BCUT2D eigenvalue weighted by Gasteiger charge is -2.04. The van der Waals surface area contributed by atoms with Crippen LogP contribution in [0.1, 0.15) is 6.42 Å². The third kappa shape index (κ3) is 3.60. The first kappa shape index (κ1) is 15.9. The molecule has 116 valence electrons. The van der Waals surface area contributed by atoms with Gasteiger partial charge < -0.3 is 4.57 Å². The Bertz CT molecular complexity index is 885. The number of primary sulfonamides is 1. The lowest BCUT2D eigenvalue weighted by Crippen LogP contribution is -2.12. The predicted molar refractivity (Wildman–Crippen MR) is 77.6 cm³/mol. The highest BCUT2D eigenvalue weighted by molar-refractivity contribution is 7.90. The van der Waals surface area contributed by atoms with Crippen LogP contribution in [0, 0.1) is 5.82 Å². The molecule has 0 atom stereocenters. The summed E-state index contributed by atoms with van der Waals surface area (Å²) in [4.78, 5) is -0.296. The zero-order valence-corrected chi connectivity index (χ0v) is 12.9. The molecule has 0 unspecified atom stereocenters. The number of halogens is 1. The number of sulfonamides is 1. The third-order valence-corrected chi connectivity index (χ3v) is 4.99. The fourth-order valence-corrected chi connectivity index (χ4v) is 3.58. The minimum absolute atomic E-state index is 0.0350. The molecule has 1 aromatic heterocycles. The van der Waals surface area contributed by atoms with E-state index in [2.05, 4.69) is 0 Å². The number of nitrogens with two attached hydrogens (primary N) is 1. The quantitative estimate of drug-likeness (QED) is 0.876. The molecule has 2 aromatic rings. The summed E-state index contributed by atoms with van der Waals surface area (Å²) in [5.41, 5.74) is 0.368. The van der Waals surface area contributed by atoms with E-state index in [4.69, 9.17) is 5.14 Å². The molecule has 2 N–H and O–H groups in total. The molecule has 1 aromatic carbocycles. The number of aromatic nitrogens is 1. The Hall–Kier alpha value is -1.45. The summed E-state index contributed by atoms with van der Waals surface area (Å²) >= 11 is 0. The van der Waals surface area contributed by atoms with Crippen molar-refractivity contribution < 1.29 is 21.2 Å². The molecule has 0 bridgehead atoms. The van der Waals surface area contributed by atoms with Crippen molar-refractivity contribution in [1.29, 1.82) is 0 Å². The SMILES string of the molecule is CS(=O)(=O)CCCn1cc(S(N)(=O)=O)c2c(F)cccc21. The van der Waals surface area contributed by atoms with Crippen molar-refractivity contribution in [3.8, 4) is 0 Å². The Kier molecular flexibility index (Phi) is 4.09. The second-order valence-corrected chi connectivity index (χ2v) is 8.64. The van der Waals surface area contributed by atoms with E-state index in [0.717, 1.165) is 12.3 Å². The zero-order chi connectivity index (χ0) is 15.8. The lowest BCUT2D eigenvalue weighted by atomic mass is 10.2. The van der Waals surface area contributed by atoms with Gasteiger partial charge in [0.25, 0.3) is 0 Å². The first-order valence-corrected chi connectivity index (χ1v) is 9.68. The molecule has 1 heterocycles. The molecular formula is C12H15FN2O4S2. The second kappa shape index (κ2) is 5.39. The van der Waals surface area contributed by atoms with Gasteiger partial charge in [0.15, 0.2) is 0 Å². The van der Waals surface area contributed by atoms with Crippen LogP contribution in [0.2, 0.25) is 0 Å². The summed E-state index contributed by atoms with van der Waals surface area (Å²) in [6.45, 7) is 0.253. The molecule has 9 heteroatoms. The van der Waals surface area contributed by atoms with E-state index in [1.165, 1.54) is 16.8 Å². The molecule has 0 fully saturated rings. The Labute approximate surface area is 122 Å². The summed E-state index contributed by atoms with van der Waals surface area (Å²) in [5, 5.41) is 5.03. The van der Waals surface area contributed by atoms with Crippen LogP contribution in [-0.4, -0.2) is 33.4 Å². The highest BCUT2D eigenvalue weighted by Crippen LogP contribution is 2.27. The Morgan fingerprint density at radius 3 is 2.48 bits per heavy atom. The van der Waals surface area contributed by atoms with Crippen LogP contribution >= 0.6 is 0 Å². The van der Waals surface area contributed by atoms with E-state index >= 15 is 0 Å². The standard InChI is InChI=1S/C12H15FN2O4S2/c1-20(16,17)7-3-6-15-8-11(21(14,18)19)12-9(13)4-2-5-10(12)15/h2,4-5,8H,3,6-7H2,1H3,(H2,14,18,19). The number of sulfone groups is 1. The van der Waals surface area contributed by atoms with E-state index in [0.29, 0.717) is 11.9 Å². The van der Waals surface area contributed by atoms with Gasteiger partial charge in [-0.1, -0.05) is 6.07 Å². The molecule has 0 spiro atoms. The van der Waals surface area contributed by atoms with Gasteiger partial charge in [-0.2, -0.15) is 0 Å². The summed E-state index contributed by atoms with van der Waals surface area (Å²) < 4.78 is 60.7. The van der Waals surface area contributed by atoms with Crippen molar-refractivity contribution in [2.75, 3.05) is 12.0 Å². The number of hydrogen-bond donors (Lipinski definition) is 1. The van der Waals surface area contributed by atoms with Gasteiger partial charge in [0.2, 0.25) is 10.0 Å². The maximum Gasteiger partial charge on any atom is 0.240 e. The largest absolute Gasteiger partial charge is 0.346 e. The van der Waals surface area contributed by atoms with E-state index in [1.807, 2.05) is 0 Å². The van der Waals surface area contributed by atoms with Gasteiger partial charge in [0.05, 0.1) is 16.7 Å². The summed E-state index contributed by atoms with van der Waals surface area (Å²) in [6.07, 6.45) is 2.66. The van der Waals surface area contributed by atoms with E-state index in [-0.39, 0.29) is 22.6 Å². The van der Waals surface area contributed by atoms with Crippen LogP contribution in [0.25, 0.3) is 10.9 Å². The van der Waals surface area contributed by atoms with E-state index in [9.17, 15) is 21.2 Å². The molecule has 0 saturated carbocycles. The van der Waals surface area contributed by atoms with Gasteiger partial charge in [0, 0.05) is 19.0 Å². The van der Waals surface area contributed by atoms with Crippen molar-refractivity contribution in [1.82, 2.24) is 4.57 Å². The van der Waals surface area contributed by atoms with Crippen molar-refractivity contribution in [3.05, 3.63) is 30.2 Å². The molecular weight excluding hydrogens is 319 g/mol. The molecule has 0 aliphatic rings. The lowest BCUT2D eigenvalue weighted by molar-refractivity contribution is 0.590. The van der Waals surface area contributed by atoms with Crippen LogP contribution < -0.4 is 5.14 Å². The van der Waals surface area contributed by atoms with Gasteiger partial charge in [-0.15, -0.1) is 0 Å². The fourth-order valence-electron chi connectivity index (χ4n) is 2.17. The van der Waals surface area contributed by atoms with Crippen LogP contribution in [0.15, 0.2) is 29.3 Å². The number of hydrogen-bond acceptors (Lipinski definition) is 4. The Morgan fingerprint density at radius 2 is 1.90 bits per heavy atom. The zero-order valence-electron chi connectivity index (χ0n) is 11.3. The summed E-state index contributed by atoms with van der Waals surface area (Å²) in [6, 6.07) is 4.17. The Morgan fingerprint density at radius 1 is 1.24 bits per heavy atom. The van der Waals surface area contributed by atoms with Crippen molar-refractivity contribution in [3.63, 3.8) is 0 Å². The number of nitrogens with zero attached hydrogens (tertiary/aromatic N) is 1. The predicted octanol–water partition coefficient (Wildman–Crippen LogP) is 0.862. The molecule has 6 nitrogen and oxygen atoms in total. The summed E-state index contributed by atoms with van der Waals surface area (Å²) in [5.74, 6) is -0.717. The van der Waals surface area contributed by atoms with Gasteiger partial charge >= 0.3 is 0 Å². The van der Waals surface area contributed by atoms with E-state index in [1.54, 1.807) is 6.07 Å². The Balaban J connectivity index is 2.49. The average Bonchev–Trinajstić information content (AvgIpc) is 2.68. The fraction of sp³-hybridized carbons (Fsp3) is 0.333. The number of benzene rings is 1. The maximum absolute atomic E-state index is 13.9. The highest BCUT2D eigenvalue weighted by atomic mass is 32.2. The van der Waals surface area contributed by atoms with Crippen LogP contribution in [0.4, 0.5) is 4.39 Å². The van der Waals surface area contributed by atoms with Crippen molar-refractivity contribution in [2.45, 2.75) is 17.9 Å². The van der Waals surface area contributed by atoms with Crippen molar-refractivity contribution >= 4 is 30.8 Å². The van der Waals surface area contributed by atoms with Gasteiger partial charge in [0.1, 0.15) is 20.5 Å². The first-order chi connectivity index (χ1) is 9.59.